The van der Waals surface area contributed by atoms with Crippen molar-refractivity contribution in [1.29, 1.82) is 0 Å². The molecule has 1 N–H and O–H groups in total. The molecule has 1 amide bonds. The molecular formula is C15H13N3O3S. The number of carbonyl (C=O) groups is 1. The van der Waals surface area contributed by atoms with Crippen LogP contribution >= 0.6 is 11.3 Å². The lowest BCUT2D eigenvalue weighted by atomic mass is 10.2. The number of nitrogens with zero attached hydrogens (tertiary/aromatic N) is 2. The summed E-state index contributed by atoms with van der Waals surface area (Å²) in [6, 6.07) is 11.0. The van der Waals surface area contributed by atoms with Gasteiger partial charge < -0.3 is 14.5 Å². The van der Waals surface area contributed by atoms with Crippen molar-refractivity contribution in [3.8, 4) is 17.2 Å². The minimum absolute atomic E-state index is 0.0225. The molecular weight excluding hydrogens is 302 g/mol. The van der Waals surface area contributed by atoms with Crippen LogP contribution in [0, 0.1) is 0 Å². The number of aromatic nitrogens is 2. The molecule has 0 radical (unpaired) electrons. The second-order valence-corrected chi connectivity index (χ2v) is 5.45. The summed E-state index contributed by atoms with van der Waals surface area (Å²) in [5.41, 5.74) is 0.798. The summed E-state index contributed by atoms with van der Waals surface area (Å²) in [7, 11) is 0. The number of nitrogens with one attached hydrogen (secondary N) is 1. The number of hydrogen-bond acceptors (Lipinski definition) is 6. The van der Waals surface area contributed by atoms with Gasteiger partial charge in [0, 0.05) is 10.4 Å². The zero-order valence-corrected chi connectivity index (χ0v) is 12.4. The maximum Gasteiger partial charge on any atom is 0.258 e. The standard InChI is InChI=1S/C15H13N3O3S/c19-14(16-8-13-2-1-7-22-13)9-20-12-5-3-11(4-6-12)15-18-17-10-21-15/h1-7,10H,8-9H2,(H,16,19). The van der Waals surface area contributed by atoms with Gasteiger partial charge in [-0.1, -0.05) is 6.07 Å². The Morgan fingerprint density at radius 1 is 1.27 bits per heavy atom. The predicted molar refractivity (Wildman–Crippen MR) is 81.4 cm³/mol. The molecule has 0 atom stereocenters. The smallest absolute Gasteiger partial charge is 0.258 e. The first-order valence-corrected chi connectivity index (χ1v) is 7.48. The highest BCUT2D eigenvalue weighted by Crippen LogP contribution is 2.20. The molecule has 0 aliphatic carbocycles. The van der Waals surface area contributed by atoms with Crippen LogP contribution in [0.1, 0.15) is 4.88 Å². The van der Waals surface area contributed by atoms with Crippen molar-refractivity contribution in [2.24, 2.45) is 0 Å². The van der Waals surface area contributed by atoms with Crippen LogP contribution in [0.2, 0.25) is 0 Å². The number of thiophene rings is 1. The SMILES string of the molecule is O=C(COc1ccc(-c2nnco2)cc1)NCc1cccs1. The number of ether oxygens (including phenoxy) is 1. The highest BCUT2D eigenvalue weighted by Gasteiger charge is 2.06. The average Bonchev–Trinajstić information content (AvgIpc) is 3.24. The average molecular weight is 315 g/mol. The van der Waals surface area contributed by atoms with E-state index in [1.165, 1.54) is 6.39 Å². The molecule has 0 saturated heterocycles. The van der Waals surface area contributed by atoms with Gasteiger partial charge in [0.05, 0.1) is 6.54 Å². The fourth-order valence-corrected chi connectivity index (χ4v) is 2.44. The fourth-order valence-electron chi connectivity index (χ4n) is 1.79. The Bertz CT molecular complexity index is 709. The Kier molecular flexibility index (Phi) is 4.45. The first-order valence-electron chi connectivity index (χ1n) is 6.60. The third-order valence-electron chi connectivity index (χ3n) is 2.87. The molecule has 0 fully saturated rings. The van der Waals surface area contributed by atoms with Crippen molar-refractivity contribution >= 4 is 17.2 Å². The van der Waals surface area contributed by atoms with Crippen LogP contribution in [-0.2, 0) is 11.3 Å². The second-order valence-electron chi connectivity index (χ2n) is 4.41. The highest BCUT2D eigenvalue weighted by molar-refractivity contribution is 7.09. The number of amides is 1. The van der Waals surface area contributed by atoms with E-state index in [9.17, 15) is 4.79 Å². The molecule has 2 heterocycles. The zero-order valence-electron chi connectivity index (χ0n) is 11.6. The largest absolute Gasteiger partial charge is 0.484 e. The summed E-state index contributed by atoms with van der Waals surface area (Å²) < 4.78 is 10.5. The van der Waals surface area contributed by atoms with Crippen LogP contribution in [0.4, 0.5) is 0 Å². The van der Waals surface area contributed by atoms with Crippen LogP contribution < -0.4 is 10.1 Å². The Labute approximate surface area is 130 Å². The van der Waals surface area contributed by atoms with Gasteiger partial charge >= 0.3 is 0 Å². The van der Waals surface area contributed by atoms with Crippen LogP contribution in [0.5, 0.6) is 5.75 Å². The lowest BCUT2D eigenvalue weighted by Gasteiger charge is -2.07. The Balaban J connectivity index is 1.48. The quantitative estimate of drug-likeness (QED) is 0.756. The third kappa shape index (κ3) is 3.70. The van der Waals surface area contributed by atoms with Gasteiger partial charge in [-0.3, -0.25) is 4.79 Å². The molecule has 0 aliphatic rings. The van der Waals surface area contributed by atoms with E-state index in [4.69, 9.17) is 9.15 Å². The van der Waals surface area contributed by atoms with Gasteiger partial charge in [-0.2, -0.15) is 0 Å². The van der Waals surface area contributed by atoms with Crippen LogP contribution in [0.25, 0.3) is 11.5 Å². The molecule has 0 aliphatic heterocycles. The molecule has 0 spiro atoms. The van der Waals surface area contributed by atoms with Gasteiger partial charge in [0.15, 0.2) is 6.61 Å². The summed E-state index contributed by atoms with van der Waals surface area (Å²) in [5, 5.41) is 12.2. The van der Waals surface area contributed by atoms with Crippen LogP contribution in [0.15, 0.2) is 52.6 Å². The summed E-state index contributed by atoms with van der Waals surface area (Å²) >= 11 is 1.60. The zero-order chi connectivity index (χ0) is 15.2. The number of carbonyl (C=O) groups excluding carboxylic acids is 1. The molecule has 2 aromatic heterocycles. The first-order chi connectivity index (χ1) is 10.8. The van der Waals surface area contributed by atoms with E-state index in [2.05, 4.69) is 15.5 Å². The maximum atomic E-state index is 11.7. The predicted octanol–water partition coefficient (Wildman–Crippen LogP) is 2.49. The summed E-state index contributed by atoms with van der Waals surface area (Å²) in [6.45, 7) is 0.501. The van der Waals surface area contributed by atoms with Gasteiger partial charge in [-0.25, -0.2) is 0 Å². The van der Waals surface area contributed by atoms with Gasteiger partial charge in [0.2, 0.25) is 12.3 Å². The summed E-state index contributed by atoms with van der Waals surface area (Å²) in [4.78, 5) is 12.8. The lowest BCUT2D eigenvalue weighted by Crippen LogP contribution is -2.28. The third-order valence-corrected chi connectivity index (χ3v) is 3.75. The van der Waals surface area contributed by atoms with E-state index >= 15 is 0 Å². The van der Waals surface area contributed by atoms with Gasteiger partial charge in [-0.05, 0) is 35.7 Å². The number of rotatable bonds is 6. The Morgan fingerprint density at radius 3 is 2.82 bits per heavy atom. The minimum Gasteiger partial charge on any atom is -0.484 e. The molecule has 0 saturated carbocycles. The van der Waals surface area contributed by atoms with E-state index in [0.717, 1.165) is 10.4 Å². The molecule has 1 aromatic carbocycles. The molecule has 6 nitrogen and oxygen atoms in total. The number of benzene rings is 1. The van der Waals surface area contributed by atoms with Crippen molar-refractivity contribution in [3.63, 3.8) is 0 Å². The molecule has 3 rings (SSSR count). The minimum atomic E-state index is -0.158. The second kappa shape index (κ2) is 6.86. The molecule has 3 aromatic rings. The van der Waals surface area contributed by atoms with Crippen LogP contribution in [-0.4, -0.2) is 22.7 Å². The topological polar surface area (TPSA) is 77.2 Å². The maximum absolute atomic E-state index is 11.7. The van der Waals surface area contributed by atoms with Gasteiger partial charge in [-0.15, -0.1) is 21.5 Å². The highest BCUT2D eigenvalue weighted by atomic mass is 32.1. The van der Waals surface area contributed by atoms with Crippen molar-refractivity contribution in [2.75, 3.05) is 6.61 Å². The monoisotopic (exact) mass is 315 g/mol. The molecule has 0 bridgehead atoms. The normalized spacial score (nSPS) is 10.4. The molecule has 112 valence electrons. The summed E-state index contributed by atoms with van der Waals surface area (Å²) in [6.07, 6.45) is 1.28. The van der Waals surface area contributed by atoms with E-state index in [1.807, 2.05) is 17.5 Å². The Hall–Kier alpha value is -2.67. The molecule has 22 heavy (non-hydrogen) atoms. The van der Waals surface area contributed by atoms with Crippen LogP contribution in [0.3, 0.4) is 0 Å². The van der Waals surface area contributed by atoms with Crippen molar-refractivity contribution in [2.45, 2.75) is 6.54 Å². The molecule has 7 heteroatoms. The van der Waals surface area contributed by atoms with Gasteiger partial charge in [0.25, 0.3) is 5.91 Å². The van der Waals surface area contributed by atoms with E-state index in [1.54, 1.807) is 35.6 Å². The molecule has 0 unspecified atom stereocenters. The first kappa shape index (κ1) is 14.3. The van der Waals surface area contributed by atoms with E-state index in [0.29, 0.717) is 18.2 Å². The van der Waals surface area contributed by atoms with Crippen molar-refractivity contribution in [1.82, 2.24) is 15.5 Å². The van der Waals surface area contributed by atoms with Crippen molar-refractivity contribution < 1.29 is 13.9 Å². The lowest BCUT2D eigenvalue weighted by molar-refractivity contribution is -0.123. The Morgan fingerprint density at radius 2 is 2.14 bits per heavy atom. The summed E-state index contributed by atoms with van der Waals surface area (Å²) in [5.74, 6) is 0.893. The van der Waals surface area contributed by atoms with Gasteiger partial charge in [0.1, 0.15) is 5.75 Å². The van der Waals surface area contributed by atoms with Crippen molar-refractivity contribution in [3.05, 3.63) is 53.0 Å². The number of hydrogen-bond donors (Lipinski definition) is 1. The van der Waals surface area contributed by atoms with E-state index < -0.39 is 0 Å². The fraction of sp³-hybridized carbons (Fsp3) is 0.133. The van der Waals surface area contributed by atoms with E-state index in [-0.39, 0.29) is 12.5 Å².